The molecule has 0 radical (unpaired) electrons. The van der Waals surface area contributed by atoms with Crippen molar-refractivity contribution in [3.8, 4) is 17.2 Å². The summed E-state index contributed by atoms with van der Waals surface area (Å²) in [5.74, 6) is -0.0208. The molecule has 8 nitrogen and oxygen atoms in total. The van der Waals surface area contributed by atoms with Gasteiger partial charge in [0, 0.05) is 28.4 Å². The Labute approximate surface area is 215 Å². The SMILES string of the molecule is CCOC(=O)C1=C(N)N(c2ccc(Cl)cc2)C2=C(C(=O)CCC2)[C@H]1c1cc(OC)c(OC)c(OC)c1. The Morgan fingerprint density at radius 3 is 2.25 bits per heavy atom. The van der Waals surface area contributed by atoms with E-state index in [1.165, 1.54) is 21.3 Å². The number of rotatable bonds is 7. The minimum Gasteiger partial charge on any atom is -0.493 e. The Hall–Kier alpha value is -3.65. The van der Waals surface area contributed by atoms with Crippen LogP contribution in [0.15, 0.2) is 59.1 Å². The number of nitrogens with zero attached hydrogens (tertiary/aromatic N) is 1. The number of esters is 1. The van der Waals surface area contributed by atoms with Crippen molar-refractivity contribution in [3.05, 3.63) is 69.6 Å². The van der Waals surface area contributed by atoms with Crippen molar-refractivity contribution in [2.75, 3.05) is 32.8 Å². The number of benzene rings is 2. The number of allylic oxidation sites excluding steroid dienone is 2. The Morgan fingerprint density at radius 1 is 1.06 bits per heavy atom. The molecular formula is C27H29ClN2O6. The minimum atomic E-state index is -0.774. The van der Waals surface area contributed by atoms with E-state index in [0.29, 0.717) is 58.4 Å². The molecule has 36 heavy (non-hydrogen) atoms. The zero-order chi connectivity index (χ0) is 26.0. The summed E-state index contributed by atoms with van der Waals surface area (Å²) < 4.78 is 22.0. The average molecular weight is 513 g/mol. The van der Waals surface area contributed by atoms with Crippen molar-refractivity contribution in [1.82, 2.24) is 0 Å². The second-order valence-electron chi connectivity index (χ2n) is 8.36. The minimum absolute atomic E-state index is 0.0525. The molecule has 0 saturated heterocycles. The van der Waals surface area contributed by atoms with Crippen molar-refractivity contribution in [3.63, 3.8) is 0 Å². The molecule has 2 aromatic carbocycles. The molecule has 0 fully saturated rings. The molecule has 190 valence electrons. The number of carbonyl (C=O) groups excluding carboxylic acids is 2. The topological polar surface area (TPSA) is 100 Å². The summed E-state index contributed by atoms with van der Waals surface area (Å²) in [7, 11) is 4.53. The third-order valence-electron chi connectivity index (χ3n) is 6.39. The Morgan fingerprint density at radius 2 is 1.69 bits per heavy atom. The van der Waals surface area contributed by atoms with Gasteiger partial charge in [-0.1, -0.05) is 11.6 Å². The highest BCUT2D eigenvalue weighted by molar-refractivity contribution is 6.30. The summed E-state index contributed by atoms with van der Waals surface area (Å²) in [4.78, 5) is 28.7. The lowest BCUT2D eigenvalue weighted by Gasteiger charge is -2.40. The first-order valence-corrected chi connectivity index (χ1v) is 12.0. The van der Waals surface area contributed by atoms with Crippen molar-refractivity contribution in [2.45, 2.75) is 32.1 Å². The highest BCUT2D eigenvalue weighted by Gasteiger charge is 2.43. The number of hydrogen-bond acceptors (Lipinski definition) is 8. The predicted octanol–water partition coefficient (Wildman–Crippen LogP) is 4.71. The van der Waals surface area contributed by atoms with Crippen LogP contribution in [0.4, 0.5) is 5.69 Å². The van der Waals surface area contributed by atoms with Crippen LogP contribution in [0.3, 0.4) is 0 Å². The number of halogens is 1. The Kier molecular flexibility index (Phi) is 7.45. The van der Waals surface area contributed by atoms with Crippen LogP contribution < -0.4 is 24.8 Å². The molecular weight excluding hydrogens is 484 g/mol. The lowest BCUT2D eigenvalue weighted by Crippen LogP contribution is -2.41. The number of methoxy groups -OCH3 is 3. The molecule has 0 amide bonds. The first-order valence-electron chi connectivity index (χ1n) is 11.6. The van der Waals surface area contributed by atoms with Crippen LogP contribution in [0.1, 0.15) is 37.7 Å². The van der Waals surface area contributed by atoms with Gasteiger partial charge in [0.1, 0.15) is 5.82 Å². The Balaban J connectivity index is 2.03. The van der Waals surface area contributed by atoms with Gasteiger partial charge < -0.3 is 24.7 Å². The number of Topliss-reactive ketones (excluding diaryl/α,β-unsaturated/α-hetero) is 1. The van der Waals surface area contributed by atoms with Gasteiger partial charge in [0.2, 0.25) is 5.75 Å². The maximum Gasteiger partial charge on any atom is 0.338 e. The molecule has 2 N–H and O–H groups in total. The van der Waals surface area contributed by atoms with E-state index in [9.17, 15) is 9.59 Å². The third-order valence-corrected chi connectivity index (χ3v) is 6.65. The van der Waals surface area contributed by atoms with E-state index in [2.05, 4.69) is 0 Å². The van der Waals surface area contributed by atoms with E-state index in [0.717, 1.165) is 5.70 Å². The second kappa shape index (κ2) is 10.5. The van der Waals surface area contributed by atoms with Crippen molar-refractivity contribution in [1.29, 1.82) is 0 Å². The second-order valence-corrected chi connectivity index (χ2v) is 8.80. The summed E-state index contributed by atoms with van der Waals surface area (Å²) >= 11 is 6.12. The molecule has 2 aromatic rings. The van der Waals surface area contributed by atoms with E-state index in [1.54, 1.807) is 48.2 Å². The molecule has 2 aliphatic rings. The van der Waals surface area contributed by atoms with Crippen LogP contribution >= 0.6 is 11.6 Å². The quantitative estimate of drug-likeness (QED) is 0.532. The molecule has 0 bridgehead atoms. The number of ketones is 1. The van der Waals surface area contributed by atoms with Gasteiger partial charge in [-0.2, -0.15) is 0 Å². The van der Waals surface area contributed by atoms with Gasteiger partial charge in [-0.25, -0.2) is 4.79 Å². The number of carbonyl (C=O) groups is 2. The third kappa shape index (κ3) is 4.37. The highest BCUT2D eigenvalue weighted by Crippen LogP contribution is 2.49. The molecule has 1 aliphatic carbocycles. The van der Waals surface area contributed by atoms with Crippen LogP contribution in [-0.4, -0.2) is 39.7 Å². The van der Waals surface area contributed by atoms with Gasteiger partial charge in [-0.05, 0) is 61.7 Å². The summed E-state index contributed by atoms with van der Waals surface area (Å²) in [5.41, 5.74) is 9.47. The molecule has 0 spiro atoms. The normalized spacial score (nSPS) is 17.6. The lowest BCUT2D eigenvalue weighted by molar-refractivity contribution is -0.138. The van der Waals surface area contributed by atoms with Gasteiger partial charge in [-0.3, -0.25) is 9.69 Å². The number of ether oxygens (including phenoxy) is 4. The van der Waals surface area contributed by atoms with Gasteiger partial charge >= 0.3 is 5.97 Å². The Bertz CT molecular complexity index is 1230. The predicted molar refractivity (Wildman–Crippen MR) is 137 cm³/mol. The summed E-state index contributed by atoms with van der Waals surface area (Å²) in [6, 6.07) is 10.6. The fraction of sp³-hybridized carbons (Fsp3) is 0.333. The van der Waals surface area contributed by atoms with E-state index < -0.39 is 11.9 Å². The maximum atomic E-state index is 13.5. The van der Waals surface area contributed by atoms with Crippen LogP contribution in [0.2, 0.25) is 5.02 Å². The first kappa shape index (κ1) is 25.4. The van der Waals surface area contributed by atoms with Gasteiger partial charge in [0.15, 0.2) is 17.3 Å². The van der Waals surface area contributed by atoms with E-state index in [4.69, 9.17) is 36.3 Å². The monoisotopic (exact) mass is 512 g/mol. The molecule has 1 atom stereocenters. The zero-order valence-electron chi connectivity index (χ0n) is 20.7. The molecule has 0 aromatic heterocycles. The highest BCUT2D eigenvalue weighted by atomic mass is 35.5. The fourth-order valence-corrected chi connectivity index (χ4v) is 5.01. The fourth-order valence-electron chi connectivity index (χ4n) is 4.88. The average Bonchev–Trinajstić information content (AvgIpc) is 2.88. The summed E-state index contributed by atoms with van der Waals surface area (Å²) in [5, 5.41) is 0.563. The summed E-state index contributed by atoms with van der Waals surface area (Å²) in [6.07, 6.45) is 1.65. The van der Waals surface area contributed by atoms with Crippen LogP contribution in [0.5, 0.6) is 17.2 Å². The first-order chi connectivity index (χ1) is 17.4. The summed E-state index contributed by atoms with van der Waals surface area (Å²) in [6.45, 7) is 1.87. The molecule has 0 saturated carbocycles. The number of hydrogen-bond donors (Lipinski definition) is 1. The van der Waals surface area contributed by atoms with Crippen LogP contribution in [-0.2, 0) is 14.3 Å². The molecule has 9 heteroatoms. The van der Waals surface area contributed by atoms with Crippen LogP contribution in [0.25, 0.3) is 0 Å². The van der Waals surface area contributed by atoms with Crippen molar-refractivity contribution >= 4 is 29.0 Å². The lowest BCUT2D eigenvalue weighted by atomic mass is 9.75. The van der Waals surface area contributed by atoms with E-state index in [1.807, 2.05) is 0 Å². The largest absolute Gasteiger partial charge is 0.493 e. The smallest absolute Gasteiger partial charge is 0.338 e. The molecule has 0 unspecified atom stereocenters. The van der Waals surface area contributed by atoms with E-state index >= 15 is 0 Å². The van der Waals surface area contributed by atoms with Gasteiger partial charge in [0.05, 0.1) is 39.4 Å². The van der Waals surface area contributed by atoms with Crippen molar-refractivity contribution in [2.24, 2.45) is 5.73 Å². The molecule has 1 aliphatic heterocycles. The van der Waals surface area contributed by atoms with Gasteiger partial charge in [-0.15, -0.1) is 0 Å². The standard InChI is InChI=1S/C27H29ClN2O6/c1-5-36-27(32)24-22(15-13-20(33-2)25(35-4)21(14-15)34-3)23-18(7-6-8-19(23)31)30(26(24)29)17-11-9-16(28)10-12-17/h9-14,22H,5-8,29H2,1-4H3/t22-/m1/s1. The molecule has 1 heterocycles. The number of nitrogens with two attached hydrogens (primary N) is 1. The zero-order valence-corrected chi connectivity index (χ0v) is 21.5. The van der Waals surface area contributed by atoms with Crippen LogP contribution in [0, 0.1) is 0 Å². The van der Waals surface area contributed by atoms with E-state index in [-0.39, 0.29) is 23.8 Å². The maximum absolute atomic E-state index is 13.5. The number of anilines is 1. The van der Waals surface area contributed by atoms with Gasteiger partial charge in [0.25, 0.3) is 0 Å². The molecule has 4 rings (SSSR count). The van der Waals surface area contributed by atoms with Crippen molar-refractivity contribution < 1.29 is 28.5 Å².